The summed E-state index contributed by atoms with van der Waals surface area (Å²) in [6, 6.07) is 5.22. The van der Waals surface area contributed by atoms with Crippen molar-refractivity contribution in [2.75, 3.05) is 6.54 Å². The summed E-state index contributed by atoms with van der Waals surface area (Å²) in [6.07, 6.45) is 3.48. The van der Waals surface area contributed by atoms with Crippen molar-refractivity contribution in [2.45, 2.75) is 32.1 Å². The molecule has 0 aliphatic heterocycles. The number of benzene rings is 1. The molecule has 2 N–H and O–H groups in total. The van der Waals surface area contributed by atoms with Crippen molar-refractivity contribution in [2.24, 2.45) is 0 Å². The number of carboxylic acids is 1. The molecule has 1 aromatic carbocycles. The Kier molecular flexibility index (Phi) is 7.62. The lowest BCUT2D eigenvalue weighted by Crippen LogP contribution is -2.24. The molecule has 4 nitrogen and oxygen atoms in total. The van der Waals surface area contributed by atoms with E-state index in [4.69, 9.17) is 16.7 Å². The van der Waals surface area contributed by atoms with Crippen molar-refractivity contribution in [3.05, 3.63) is 33.3 Å². The molecule has 0 heterocycles. The summed E-state index contributed by atoms with van der Waals surface area (Å²) in [5, 5.41) is 11.7. The summed E-state index contributed by atoms with van der Waals surface area (Å²) in [7, 11) is 0. The monoisotopic (exact) mass is 361 g/mol. The van der Waals surface area contributed by atoms with Gasteiger partial charge in [0.1, 0.15) is 0 Å². The maximum atomic E-state index is 11.9. The third-order valence-electron chi connectivity index (χ3n) is 2.80. The molecular formula is C14H17BrClNO3. The van der Waals surface area contributed by atoms with Crippen LogP contribution >= 0.6 is 27.5 Å². The number of carbonyl (C=O) groups is 2. The molecule has 0 unspecified atom stereocenters. The normalized spacial score (nSPS) is 10.3. The van der Waals surface area contributed by atoms with Gasteiger partial charge in [-0.15, -0.1) is 0 Å². The Morgan fingerprint density at radius 2 is 1.90 bits per heavy atom. The van der Waals surface area contributed by atoms with Crippen LogP contribution < -0.4 is 5.32 Å². The van der Waals surface area contributed by atoms with Crippen LogP contribution in [0.3, 0.4) is 0 Å². The molecule has 110 valence electrons. The van der Waals surface area contributed by atoms with Crippen LogP contribution in [0.2, 0.25) is 5.02 Å². The van der Waals surface area contributed by atoms with Gasteiger partial charge in [-0.2, -0.15) is 0 Å². The predicted molar refractivity (Wildman–Crippen MR) is 82.2 cm³/mol. The summed E-state index contributed by atoms with van der Waals surface area (Å²) in [5.41, 5.74) is 0.451. The molecule has 0 saturated heterocycles. The number of unbranched alkanes of at least 4 members (excludes halogenated alkanes) is 3. The maximum Gasteiger partial charge on any atom is 0.303 e. The van der Waals surface area contributed by atoms with Gasteiger partial charge in [-0.25, -0.2) is 0 Å². The highest BCUT2D eigenvalue weighted by atomic mass is 79.9. The quantitative estimate of drug-likeness (QED) is 0.690. The van der Waals surface area contributed by atoms with Crippen molar-refractivity contribution < 1.29 is 14.7 Å². The standard InChI is InChI=1S/C14H17BrClNO3/c15-11-7-5-6-10(13(11)16)14(20)17-9-4-2-1-3-8-12(18)19/h5-7H,1-4,8-9H2,(H,17,20)(H,18,19). The molecule has 1 rings (SSSR count). The molecule has 1 amide bonds. The molecule has 6 heteroatoms. The molecule has 0 radical (unpaired) electrons. The third kappa shape index (κ3) is 5.92. The predicted octanol–water partition coefficient (Wildman–Crippen LogP) is 3.87. The molecule has 0 fully saturated rings. The Morgan fingerprint density at radius 3 is 2.60 bits per heavy atom. The van der Waals surface area contributed by atoms with Crippen molar-refractivity contribution in [1.82, 2.24) is 5.32 Å². The zero-order valence-electron chi connectivity index (χ0n) is 11.0. The van der Waals surface area contributed by atoms with Crippen molar-refractivity contribution in [3.63, 3.8) is 0 Å². The molecule has 0 bridgehead atoms. The second-order valence-corrected chi connectivity index (χ2v) is 5.65. The van der Waals surface area contributed by atoms with Gasteiger partial charge < -0.3 is 10.4 Å². The number of amides is 1. The Morgan fingerprint density at radius 1 is 1.20 bits per heavy atom. The number of carboxylic acid groups (broad SMARTS) is 1. The lowest BCUT2D eigenvalue weighted by Gasteiger charge is -2.07. The van der Waals surface area contributed by atoms with Crippen LogP contribution in [0.5, 0.6) is 0 Å². The molecule has 0 saturated carbocycles. The van der Waals surface area contributed by atoms with E-state index in [0.29, 0.717) is 28.0 Å². The number of rotatable bonds is 8. The van der Waals surface area contributed by atoms with Gasteiger partial charge in [0.2, 0.25) is 0 Å². The minimum atomic E-state index is -0.761. The molecular weight excluding hydrogens is 346 g/mol. The van der Waals surface area contributed by atoms with Crippen LogP contribution in [0.4, 0.5) is 0 Å². The van der Waals surface area contributed by atoms with Crippen LogP contribution in [-0.4, -0.2) is 23.5 Å². The average molecular weight is 363 g/mol. The van der Waals surface area contributed by atoms with Gasteiger partial charge in [-0.05, 0) is 40.9 Å². The summed E-state index contributed by atoms with van der Waals surface area (Å²) in [4.78, 5) is 22.2. The SMILES string of the molecule is O=C(O)CCCCCCNC(=O)c1cccc(Br)c1Cl. The lowest BCUT2D eigenvalue weighted by molar-refractivity contribution is -0.137. The maximum absolute atomic E-state index is 11.9. The van der Waals surface area contributed by atoms with Gasteiger partial charge in [0.05, 0.1) is 10.6 Å². The van der Waals surface area contributed by atoms with Gasteiger partial charge in [0, 0.05) is 17.4 Å². The first-order chi connectivity index (χ1) is 9.52. The molecule has 0 aliphatic rings. The fourth-order valence-electron chi connectivity index (χ4n) is 1.73. The minimum absolute atomic E-state index is 0.193. The molecule has 0 aliphatic carbocycles. The van der Waals surface area contributed by atoms with E-state index in [1.807, 2.05) is 0 Å². The van der Waals surface area contributed by atoms with Gasteiger partial charge in [-0.3, -0.25) is 9.59 Å². The average Bonchev–Trinajstić information content (AvgIpc) is 2.40. The van der Waals surface area contributed by atoms with Crippen molar-refractivity contribution >= 4 is 39.4 Å². The first kappa shape index (κ1) is 17.0. The Labute approximate surface area is 131 Å². The first-order valence-electron chi connectivity index (χ1n) is 6.46. The second-order valence-electron chi connectivity index (χ2n) is 4.42. The van der Waals surface area contributed by atoms with Crippen LogP contribution in [0, 0.1) is 0 Å². The fourth-order valence-corrected chi connectivity index (χ4v) is 2.31. The number of aliphatic carboxylic acids is 1. The van der Waals surface area contributed by atoms with Crippen LogP contribution in [0.25, 0.3) is 0 Å². The minimum Gasteiger partial charge on any atom is -0.481 e. The number of hydrogen-bond donors (Lipinski definition) is 2. The zero-order chi connectivity index (χ0) is 15.0. The van der Waals surface area contributed by atoms with Gasteiger partial charge in [-0.1, -0.05) is 30.5 Å². The van der Waals surface area contributed by atoms with E-state index in [-0.39, 0.29) is 12.3 Å². The Bertz CT molecular complexity index is 479. The van der Waals surface area contributed by atoms with Crippen molar-refractivity contribution in [1.29, 1.82) is 0 Å². The summed E-state index contributed by atoms with van der Waals surface area (Å²) < 4.78 is 0.695. The highest BCUT2D eigenvalue weighted by Crippen LogP contribution is 2.25. The number of nitrogens with one attached hydrogen (secondary N) is 1. The van der Waals surface area contributed by atoms with Crippen LogP contribution in [0.1, 0.15) is 42.5 Å². The lowest BCUT2D eigenvalue weighted by atomic mass is 10.1. The smallest absolute Gasteiger partial charge is 0.303 e. The van der Waals surface area contributed by atoms with E-state index in [0.717, 1.165) is 19.3 Å². The summed E-state index contributed by atoms with van der Waals surface area (Å²) in [5.74, 6) is -0.954. The first-order valence-corrected chi connectivity index (χ1v) is 7.63. The highest BCUT2D eigenvalue weighted by molar-refractivity contribution is 9.10. The largest absolute Gasteiger partial charge is 0.481 e. The van der Waals surface area contributed by atoms with E-state index >= 15 is 0 Å². The number of hydrogen-bond acceptors (Lipinski definition) is 2. The number of halogens is 2. The highest BCUT2D eigenvalue weighted by Gasteiger charge is 2.11. The molecule has 0 aromatic heterocycles. The van der Waals surface area contributed by atoms with Crippen LogP contribution in [0.15, 0.2) is 22.7 Å². The van der Waals surface area contributed by atoms with E-state index in [1.54, 1.807) is 18.2 Å². The summed E-state index contributed by atoms with van der Waals surface area (Å²) in [6.45, 7) is 0.564. The van der Waals surface area contributed by atoms with Crippen molar-refractivity contribution in [3.8, 4) is 0 Å². The Balaban J connectivity index is 2.24. The van der Waals surface area contributed by atoms with Crippen LogP contribution in [-0.2, 0) is 4.79 Å². The topological polar surface area (TPSA) is 66.4 Å². The van der Waals surface area contributed by atoms with E-state index in [9.17, 15) is 9.59 Å². The van der Waals surface area contributed by atoms with E-state index < -0.39 is 5.97 Å². The molecule has 20 heavy (non-hydrogen) atoms. The zero-order valence-corrected chi connectivity index (χ0v) is 13.3. The third-order valence-corrected chi connectivity index (χ3v) is 4.10. The second kappa shape index (κ2) is 8.97. The van der Waals surface area contributed by atoms with E-state index in [1.165, 1.54) is 0 Å². The molecule has 0 atom stereocenters. The molecule has 0 spiro atoms. The van der Waals surface area contributed by atoms with E-state index in [2.05, 4.69) is 21.2 Å². The van der Waals surface area contributed by atoms with Gasteiger partial charge in [0.25, 0.3) is 5.91 Å². The van der Waals surface area contributed by atoms with Gasteiger partial charge in [0.15, 0.2) is 0 Å². The number of carbonyl (C=O) groups excluding carboxylic acids is 1. The summed E-state index contributed by atoms with van der Waals surface area (Å²) >= 11 is 9.31. The Hall–Kier alpha value is -1.07. The van der Waals surface area contributed by atoms with Gasteiger partial charge >= 0.3 is 5.97 Å². The fraction of sp³-hybridized carbons (Fsp3) is 0.429. The molecule has 1 aromatic rings.